The lowest BCUT2D eigenvalue weighted by atomic mass is 9.73. The van der Waals surface area contributed by atoms with Gasteiger partial charge < -0.3 is 4.74 Å². The van der Waals surface area contributed by atoms with Crippen LogP contribution in [0.3, 0.4) is 0 Å². The summed E-state index contributed by atoms with van der Waals surface area (Å²) in [5.41, 5.74) is 2.02. The normalized spacial score (nSPS) is 17.2. The monoisotopic (exact) mass is 401 g/mol. The van der Waals surface area contributed by atoms with Gasteiger partial charge in [-0.1, -0.05) is 42.5 Å². The molecular formula is C22H27NO4S. The number of sulfonamides is 1. The number of benzene rings is 2. The Kier molecular flexibility index (Phi) is 5.91. The smallest absolute Gasteiger partial charge is 0.322 e. The Hall–Kier alpha value is -2.18. The molecule has 2 aromatic rings. The molecule has 1 aliphatic heterocycles. The van der Waals surface area contributed by atoms with Gasteiger partial charge in [0.15, 0.2) is 0 Å². The lowest BCUT2D eigenvalue weighted by Gasteiger charge is -2.39. The van der Waals surface area contributed by atoms with Gasteiger partial charge in [-0.15, -0.1) is 0 Å². The van der Waals surface area contributed by atoms with Crippen LogP contribution in [-0.2, 0) is 20.2 Å². The summed E-state index contributed by atoms with van der Waals surface area (Å²) in [6.07, 6.45) is 0.805. The van der Waals surface area contributed by atoms with Gasteiger partial charge in [0.1, 0.15) is 5.75 Å². The molecule has 1 heterocycles. The minimum Gasteiger partial charge on any atom is -0.426 e. The zero-order chi connectivity index (χ0) is 20.4. The first-order valence-electron chi connectivity index (χ1n) is 9.62. The first kappa shape index (κ1) is 20.6. The van der Waals surface area contributed by atoms with Gasteiger partial charge in [-0.05, 0) is 56.4 Å². The number of rotatable bonds is 5. The van der Waals surface area contributed by atoms with Crippen molar-refractivity contribution >= 4 is 16.0 Å². The third-order valence-electron chi connectivity index (χ3n) is 5.81. The van der Waals surface area contributed by atoms with Crippen LogP contribution in [0.4, 0.5) is 0 Å². The molecule has 150 valence electrons. The molecule has 0 aliphatic carbocycles. The fourth-order valence-corrected chi connectivity index (χ4v) is 4.83. The highest BCUT2D eigenvalue weighted by atomic mass is 32.2. The largest absolute Gasteiger partial charge is 0.426 e. The van der Waals surface area contributed by atoms with Crippen LogP contribution in [0.5, 0.6) is 5.75 Å². The van der Waals surface area contributed by atoms with Gasteiger partial charge >= 0.3 is 5.97 Å². The van der Waals surface area contributed by atoms with Crippen molar-refractivity contribution in [1.82, 2.24) is 4.31 Å². The highest BCUT2D eigenvalue weighted by molar-refractivity contribution is 7.89. The third-order valence-corrected chi connectivity index (χ3v) is 7.69. The van der Waals surface area contributed by atoms with E-state index in [2.05, 4.69) is 0 Å². The number of carbonyl (C=O) groups is 1. The van der Waals surface area contributed by atoms with Crippen LogP contribution < -0.4 is 4.74 Å². The number of carbonyl (C=O) groups excluding carboxylic acids is 1. The van der Waals surface area contributed by atoms with Gasteiger partial charge in [-0.25, -0.2) is 12.7 Å². The first-order valence-corrected chi connectivity index (χ1v) is 11.2. The molecule has 1 fully saturated rings. The molecule has 1 saturated heterocycles. The summed E-state index contributed by atoms with van der Waals surface area (Å²) in [7, 11) is -3.27. The zero-order valence-electron chi connectivity index (χ0n) is 16.6. The molecule has 0 N–H and O–H groups in total. The van der Waals surface area contributed by atoms with E-state index in [1.54, 1.807) is 13.0 Å². The molecule has 0 aromatic heterocycles. The fraction of sp³-hybridized carbons (Fsp3) is 0.409. The van der Waals surface area contributed by atoms with Crippen LogP contribution in [0.1, 0.15) is 36.5 Å². The molecule has 28 heavy (non-hydrogen) atoms. The van der Waals surface area contributed by atoms with E-state index < -0.39 is 15.4 Å². The number of aryl methyl sites for hydroxylation is 1. The van der Waals surface area contributed by atoms with Crippen molar-refractivity contribution in [3.05, 3.63) is 65.2 Å². The summed E-state index contributed by atoms with van der Waals surface area (Å²) in [6, 6.07) is 15.2. The number of nitrogens with zero attached hydrogens (tertiary/aromatic N) is 1. The second kappa shape index (κ2) is 8.05. The van der Waals surface area contributed by atoms with Gasteiger partial charge in [-0.2, -0.15) is 0 Å². The van der Waals surface area contributed by atoms with E-state index in [1.807, 2.05) is 56.3 Å². The molecule has 3 rings (SSSR count). The minimum absolute atomic E-state index is 0.0677. The maximum atomic E-state index is 13.4. The lowest BCUT2D eigenvalue weighted by molar-refractivity contribution is -0.142. The molecule has 1 aliphatic rings. The fourth-order valence-electron chi connectivity index (χ4n) is 3.73. The van der Waals surface area contributed by atoms with Crippen LogP contribution in [0.2, 0.25) is 0 Å². The summed E-state index contributed by atoms with van der Waals surface area (Å²) in [5.74, 6) is 0.308. The standard InChI is InChI=1S/C22H27NO4S/c1-4-28(25,26)23-15-13-22(14-16-23,19-10-6-5-7-11-19)21(24)27-20-12-8-9-17(2)18(20)3/h5-12H,4,13-16H2,1-3H3. The number of hydrogen-bond donors (Lipinski definition) is 0. The van der Waals surface area contributed by atoms with Crippen LogP contribution in [0, 0.1) is 13.8 Å². The minimum atomic E-state index is -3.27. The molecule has 0 atom stereocenters. The van der Waals surface area contributed by atoms with E-state index >= 15 is 0 Å². The van der Waals surface area contributed by atoms with Gasteiger partial charge in [0.2, 0.25) is 10.0 Å². The molecule has 0 bridgehead atoms. The second-order valence-electron chi connectivity index (χ2n) is 7.34. The summed E-state index contributed by atoms with van der Waals surface area (Å²) in [5, 5.41) is 0. The van der Waals surface area contributed by atoms with Crippen LogP contribution in [-0.4, -0.2) is 37.5 Å². The summed E-state index contributed by atoms with van der Waals surface area (Å²) >= 11 is 0. The Bertz CT molecular complexity index is 946. The van der Waals surface area contributed by atoms with Crippen LogP contribution in [0.15, 0.2) is 48.5 Å². The van der Waals surface area contributed by atoms with E-state index in [0.29, 0.717) is 31.7 Å². The number of ether oxygens (including phenoxy) is 1. The zero-order valence-corrected chi connectivity index (χ0v) is 17.5. The Labute approximate surface area is 167 Å². The second-order valence-corrected chi connectivity index (χ2v) is 9.59. The van der Waals surface area contributed by atoms with E-state index in [4.69, 9.17) is 4.74 Å². The van der Waals surface area contributed by atoms with Crippen LogP contribution in [0.25, 0.3) is 0 Å². The molecule has 0 saturated carbocycles. The highest BCUT2D eigenvalue weighted by Gasteiger charge is 2.46. The maximum Gasteiger partial charge on any atom is 0.322 e. The molecule has 0 amide bonds. The number of hydrogen-bond acceptors (Lipinski definition) is 4. The topological polar surface area (TPSA) is 63.7 Å². The number of piperidine rings is 1. The Morgan fingerprint density at radius 1 is 1.04 bits per heavy atom. The molecule has 6 heteroatoms. The molecule has 2 aromatic carbocycles. The Morgan fingerprint density at radius 3 is 2.29 bits per heavy atom. The van der Waals surface area contributed by atoms with Gasteiger partial charge in [0.25, 0.3) is 0 Å². The summed E-state index contributed by atoms with van der Waals surface area (Å²) < 4.78 is 31.9. The average Bonchev–Trinajstić information content (AvgIpc) is 2.72. The summed E-state index contributed by atoms with van der Waals surface area (Å²) in [6.45, 7) is 6.18. The predicted octanol–water partition coefficient (Wildman–Crippen LogP) is 3.59. The van der Waals surface area contributed by atoms with Crippen molar-refractivity contribution < 1.29 is 17.9 Å². The summed E-state index contributed by atoms with van der Waals surface area (Å²) in [4.78, 5) is 13.4. The molecule has 5 nitrogen and oxygen atoms in total. The van der Waals surface area contributed by atoms with E-state index in [-0.39, 0.29) is 11.7 Å². The van der Waals surface area contributed by atoms with Crippen molar-refractivity contribution in [3.8, 4) is 5.75 Å². The molecule has 0 radical (unpaired) electrons. The highest BCUT2D eigenvalue weighted by Crippen LogP contribution is 2.38. The third kappa shape index (κ3) is 3.84. The van der Waals surface area contributed by atoms with Crippen molar-refractivity contribution in [1.29, 1.82) is 0 Å². The molecule has 0 spiro atoms. The maximum absolute atomic E-state index is 13.4. The van der Waals surface area contributed by atoms with Gasteiger partial charge in [0.05, 0.1) is 11.2 Å². The first-order chi connectivity index (χ1) is 13.3. The van der Waals surface area contributed by atoms with E-state index in [9.17, 15) is 13.2 Å². The Balaban J connectivity index is 1.93. The molecule has 0 unspecified atom stereocenters. The average molecular weight is 402 g/mol. The van der Waals surface area contributed by atoms with Gasteiger partial charge in [0, 0.05) is 13.1 Å². The van der Waals surface area contributed by atoms with Crippen molar-refractivity contribution in [2.24, 2.45) is 0 Å². The van der Waals surface area contributed by atoms with Gasteiger partial charge in [-0.3, -0.25) is 4.79 Å². The van der Waals surface area contributed by atoms with Crippen molar-refractivity contribution in [2.75, 3.05) is 18.8 Å². The van der Waals surface area contributed by atoms with Crippen molar-refractivity contribution in [2.45, 2.75) is 39.0 Å². The van der Waals surface area contributed by atoms with E-state index in [1.165, 1.54) is 4.31 Å². The van der Waals surface area contributed by atoms with E-state index in [0.717, 1.165) is 16.7 Å². The SMILES string of the molecule is CCS(=O)(=O)N1CCC(C(=O)Oc2cccc(C)c2C)(c2ccccc2)CC1. The molecular weight excluding hydrogens is 374 g/mol. The predicted molar refractivity (Wildman–Crippen MR) is 110 cm³/mol. The lowest BCUT2D eigenvalue weighted by Crippen LogP contribution is -2.50. The quantitative estimate of drug-likeness (QED) is 0.567. The van der Waals surface area contributed by atoms with Crippen molar-refractivity contribution in [3.63, 3.8) is 0 Å². The number of esters is 1. The van der Waals surface area contributed by atoms with Crippen LogP contribution >= 0.6 is 0 Å². The Morgan fingerprint density at radius 2 is 1.68 bits per heavy atom.